The molecule has 0 bridgehead atoms. The summed E-state index contributed by atoms with van der Waals surface area (Å²) in [6.45, 7) is 0.614. The predicted molar refractivity (Wildman–Crippen MR) is 58.0 cm³/mol. The van der Waals surface area contributed by atoms with E-state index in [1.165, 1.54) is 13.3 Å². The molecule has 6 heteroatoms. The molecule has 84 valence electrons. The van der Waals surface area contributed by atoms with Crippen molar-refractivity contribution in [2.45, 2.75) is 6.42 Å². The number of hydrogen-bond donors (Lipinski definition) is 0. The molecule has 2 rings (SSSR count). The van der Waals surface area contributed by atoms with Crippen molar-refractivity contribution in [3.05, 3.63) is 18.5 Å². The Morgan fingerprint density at radius 1 is 1.56 bits per heavy atom. The summed E-state index contributed by atoms with van der Waals surface area (Å²) in [6, 6.07) is 1.72. The van der Waals surface area contributed by atoms with Gasteiger partial charge in [0.1, 0.15) is 7.11 Å². The third kappa shape index (κ3) is 2.00. The number of aromatic nitrogens is 2. The normalized spacial score (nSPS) is 20.7. The Hall–Kier alpha value is -1.98. The molecule has 1 aliphatic heterocycles. The van der Waals surface area contributed by atoms with Gasteiger partial charge in [-0.3, -0.25) is 9.69 Å². The highest BCUT2D eigenvalue weighted by Crippen LogP contribution is 2.20. The van der Waals surface area contributed by atoms with Crippen molar-refractivity contribution in [3.63, 3.8) is 0 Å². The van der Waals surface area contributed by atoms with Gasteiger partial charge in [-0.2, -0.15) is 0 Å². The van der Waals surface area contributed by atoms with E-state index >= 15 is 0 Å². The number of carbonyl (C=O) groups is 1. The van der Waals surface area contributed by atoms with Crippen LogP contribution in [-0.2, 0) is 9.63 Å². The Labute approximate surface area is 92.9 Å². The lowest BCUT2D eigenvalue weighted by Gasteiger charge is -2.12. The van der Waals surface area contributed by atoms with E-state index in [9.17, 15) is 4.79 Å². The molecule has 16 heavy (non-hydrogen) atoms. The molecule has 0 aromatic carbocycles. The Bertz CT molecular complexity index is 393. The molecule has 1 fully saturated rings. The zero-order chi connectivity index (χ0) is 11.4. The molecule has 0 spiro atoms. The fraction of sp³-hybridized carbons (Fsp3) is 0.400. The first-order valence-electron chi connectivity index (χ1n) is 4.98. The topological polar surface area (TPSA) is 67.7 Å². The van der Waals surface area contributed by atoms with Gasteiger partial charge in [0.15, 0.2) is 0 Å². The van der Waals surface area contributed by atoms with E-state index in [1.807, 2.05) is 0 Å². The highest BCUT2D eigenvalue weighted by Gasteiger charge is 2.32. The van der Waals surface area contributed by atoms with Gasteiger partial charge < -0.3 is 4.84 Å². The van der Waals surface area contributed by atoms with Crippen LogP contribution in [0.4, 0.5) is 5.95 Å². The summed E-state index contributed by atoms with van der Waals surface area (Å²) in [6.07, 6.45) is 5.47. The van der Waals surface area contributed by atoms with Crippen molar-refractivity contribution in [3.8, 4) is 0 Å². The molecule has 1 amide bonds. The molecule has 6 nitrogen and oxygen atoms in total. The molecule has 1 saturated heterocycles. The van der Waals surface area contributed by atoms with Crippen LogP contribution in [-0.4, -0.2) is 35.7 Å². The lowest BCUT2D eigenvalue weighted by molar-refractivity contribution is -0.118. The lowest BCUT2D eigenvalue weighted by Crippen LogP contribution is -2.29. The summed E-state index contributed by atoms with van der Waals surface area (Å²) in [5, 5.41) is 3.62. The number of nitrogens with zero attached hydrogens (tertiary/aromatic N) is 4. The fourth-order valence-corrected chi connectivity index (χ4v) is 1.60. The summed E-state index contributed by atoms with van der Waals surface area (Å²) < 4.78 is 0. The molecule has 0 radical (unpaired) electrons. The SMILES string of the molecule is CO/N=C/C1CCN(c2ncccn2)C1=O. The summed E-state index contributed by atoms with van der Waals surface area (Å²) >= 11 is 0. The summed E-state index contributed by atoms with van der Waals surface area (Å²) in [4.78, 5) is 26.1. The predicted octanol–water partition coefficient (Wildman–Crippen LogP) is 0.462. The smallest absolute Gasteiger partial charge is 0.238 e. The van der Waals surface area contributed by atoms with Crippen LogP contribution in [0.25, 0.3) is 0 Å². The number of oxime groups is 1. The zero-order valence-electron chi connectivity index (χ0n) is 8.91. The van der Waals surface area contributed by atoms with Gasteiger partial charge in [-0.1, -0.05) is 5.16 Å². The number of carbonyl (C=O) groups excluding carboxylic acids is 1. The van der Waals surface area contributed by atoms with Gasteiger partial charge in [-0.15, -0.1) is 0 Å². The summed E-state index contributed by atoms with van der Waals surface area (Å²) in [5.74, 6) is 0.177. The van der Waals surface area contributed by atoms with Crippen molar-refractivity contribution in [2.75, 3.05) is 18.6 Å². The first kappa shape index (κ1) is 10.5. The van der Waals surface area contributed by atoms with Crippen molar-refractivity contribution >= 4 is 18.1 Å². The highest BCUT2D eigenvalue weighted by molar-refractivity contribution is 6.04. The fourth-order valence-electron chi connectivity index (χ4n) is 1.60. The van der Waals surface area contributed by atoms with Crippen LogP contribution >= 0.6 is 0 Å². The van der Waals surface area contributed by atoms with Crippen molar-refractivity contribution in [1.29, 1.82) is 0 Å². The van der Waals surface area contributed by atoms with E-state index in [2.05, 4.69) is 20.0 Å². The van der Waals surface area contributed by atoms with E-state index in [1.54, 1.807) is 23.4 Å². The van der Waals surface area contributed by atoms with Crippen molar-refractivity contribution in [2.24, 2.45) is 11.1 Å². The molecule has 2 heterocycles. The summed E-state index contributed by atoms with van der Waals surface area (Å²) in [7, 11) is 1.45. The van der Waals surface area contributed by atoms with Crippen LogP contribution < -0.4 is 4.90 Å². The van der Waals surface area contributed by atoms with E-state index in [-0.39, 0.29) is 11.8 Å². The van der Waals surface area contributed by atoms with Crippen LogP contribution in [0.5, 0.6) is 0 Å². The number of amides is 1. The molecular weight excluding hydrogens is 208 g/mol. The zero-order valence-corrected chi connectivity index (χ0v) is 8.91. The minimum atomic E-state index is -0.233. The second-order valence-corrected chi connectivity index (χ2v) is 3.37. The van der Waals surface area contributed by atoms with Crippen LogP contribution in [0, 0.1) is 5.92 Å². The second-order valence-electron chi connectivity index (χ2n) is 3.37. The third-order valence-electron chi connectivity index (χ3n) is 2.39. The first-order valence-corrected chi connectivity index (χ1v) is 4.98. The van der Waals surface area contributed by atoms with Crippen LogP contribution in [0.1, 0.15) is 6.42 Å². The third-order valence-corrected chi connectivity index (χ3v) is 2.39. The molecule has 0 saturated carbocycles. The molecule has 1 aliphatic rings. The Kier molecular flexibility index (Phi) is 3.09. The molecule has 1 aromatic heterocycles. The number of anilines is 1. The Balaban J connectivity index is 2.11. The van der Waals surface area contributed by atoms with Gasteiger partial charge in [0.05, 0.1) is 12.1 Å². The molecule has 0 aliphatic carbocycles. The van der Waals surface area contributed by atoms with Crippen LogP contribution in [0.3, 0.4) is 0 Å². The largest absolute Gasteiger partial charge is 0.399 e. The minimum absolute atomic E-state index is 0.0352. The van der Waals surface area contributed by atoms with Gasteiger partial charge in [-0.05, 0) is 12.5 Å². The van der Waals surface area contributed by atoms with Gasteiger partial charge in [0.2, 0.25) is 11.9 Å². The molecule has 1 atom stereocenters. The molecule has 0 N–H and O–H groups in total. The minimum Gasteiger partial charge on any atom is -0.399 e. The number of hydrogen-bond acceptors (Lipinski definition) is 5. The maximum Gasteiger partial charge on any atom is 0.238 e. The molecular formula is C10H12N4O2. The average Bonchev–Trinajstić information content (AvgIpc) is 2.69. The van der Waals surface area contributed by atoms with Gasteiger partial charge in [-0.25, -0.2) is 9.97 Å². The highest BCUT2D eigenvalue weighted by atomic mass is 16.6. The van der Waals surface area contributed by atoms with Crippen molar-refractivity contribution < 1.29 is 9.63 Å². The molecule has 1 unspecified atom stereocenters. The second kappa shape index (κ2) is 4.69. The maximum absolute atomic E-state index is 11.9. The van der Waals surface area contributed by atoms with Gasteiger partial charge >= 0.3 is 0 Å². The van der Waals surface area contributed by atoms with Crippen LogP contribution in [0.2, 0.25) is 0 Å². The number of rotatable bonds is 3. The van der Waals surface area contributed by atoms with Crippen LogP contribution in [0.15, 0.2) is 23.6 Å². The average molecular weight is 220 g/mol. The lowest BCUT2D eigenvalue weighted by atomic mass is 10.1. The van der Waals surface area contributed by atoms with Crippen molar-refractivity contribution in [1.82, 2.24) is 9.97 Å². The van der Waals surface area contributed by atoms with Gasteiger partial charge in [0, 0.05) is 18.9 Å². The quantitative estimate of drug-likeness (QED) is 0.548. The first-order chi connectivity index (χ1) is 7.83. The Morgan fingerprint density at radius 3 is 3.00 bits per heavy atom. The Morgan fingerprint density at radius 2 is 2.31 bits per heavy atom. The van der Waals surface area contributed by atoms with E-state index < -0.39 is 0 Å². The van der Waals surface area contributed by atoms with E-state index in [0.29, 0.717) is 18.9 Å². The maximum atomic E-state index is 11.9. The van der Waals surface area contributed by atoms with E-state index in [4.69, 9.17) is 0 Å². The van der Waals surface area contributed by atoms with Gasteiger partial charge in [0.25, 0.3) is 0 Å². The van der Waals surface area contributed by atoms with E-state index in [0.717, 1.165) is 0 Å². The monoisotopic (exact) mass is 220 g/mol. The standard InChI is InChI=1S/C10H12N4O2/c1-16-13-7-8-3-6-14(9(8)15)10-11-4-2-5-12-10/h2,4-5,7-8H,3,6H2,1H3/b13-7+. The molecule has 1 aromatic rings. The summed E-state index contributed by atoms with van der Waals surface area (Å²) in [5.41, 5.74) is 0.